The number of aromatic carboxylic acids is 1. The number of carboxylic acids is 1. The second kappa shape index (κ2) is 4.51. The lowest BCUT2D eigenvalue weighted by atomic mass is 10.3. The first-order valence-electron chi connectivity index (χ1n) is 4.00. The fourth-order valence-corrected chi connectivity index (χ4v) is 1.36. The van der Waals surface area contributed by atoms with Crippen molar-refractivity contribution in [2.24, 2.45) is 0 Å². The van der Waals surface area contributed by atoms with E-state index in [-0.39, 0.29) is 18.0 Å². The highest BCUT2D eigenvalue weighted by Gasteiger charge is 2.11. The summed E-state index contributed by atoms with van der Waals surface area (Å²) in [6, 6.07) is 3.11. The smallest absolute Gasteiger partial charge is 0.342 e. The number of pyridine rings is 1. The van der Waals surface area contributed by atoms with Crippen molar-refractivity contribution >= 4 is 35.6 Å². The Hall–Kier alpha value is -1.59. The molecule has 0 saturated heterocycles. The van der Waals surface area contributed by atoms with Crippen molar-refractivity contribution in [1.29, 1.82) is 0 Å². The predicted octanol–water partition coefficient (Wildman–Crippen LogP) is 1.47. The Morgan fingerprint density at radius 2 is 2.12 bits per heavy atom. The summed E-state index contributed by atoms with van der Waals surface area (Å²) in [5, 5.41) is 9.05. The van der Waals surface area contributed by atoms with Crippen LogP contribution in [0, 0.1) is 0 Å². The molecule has 2 heterocycles. The van der Waals surface area contributed by atoms with E-state index in [0.717, 1.165) is 10.6 Å². The third-order valence-corrected chi connectivity index (χ3v) is 2.12. The third-order valence-electron chi connectivity index (χ3n) is 1.90. The fraction of sp³-hybridized carbons (Fsp3) is 0. The summed E-state index contributed by atoms with van der Waals surface area (Å²) in [7, 11) is 0. The first kappa shape index (κ1) is 12.5. The molecule has 16 heavy (non-hydrogen) atoms. The lowest BCUT2D eigenvalue weighted by Crippen LogP contribution is -2.22. The van der Waals surface area contributed by atoms with E-state index in [4.69, 9.17) is 16.7 Å². The van der Waals surface area contributed by atoms with E-state index < -0.39 is 11.5 Å². The summed E-state index contributed by atoms with van der Waals surface area (Å²) in [6.45, 7) is 0. The molecule has 0 aliphatic carbocycles. The van der Waals surface area contributed by atoms with Crippen molar-refractivity contribution in [2.75, 3.05) is 0 Å². The van der Waals surface area contributed by atoms with E-state index in [2.05, 4.69) is 4.98 Å². The van der Waals surface area contributed by atoms with E-state index in [1.54, 1.807) is 6.07 Å². The van der Waals surface area contributed by atoms with Crippen LogP contribution in [0.15, 0.2) is 29.3 Å². The summed E-state index contributed by atoms with van der Waals surface area (Å²) in [6.07, 6.45) is 2.37. The molecular formula is C9H6Cl2N2O3. The molecule has 0 atom stereocenters. The van der Waals surface area contributed by atoms with Crippen molar-refractivity contribution in [3.05, 3.63) is 45.5 Å². The standard InChI is InChI=1S/C9H5ClN2O3.ClH/c10-5-1-2-7-11-3-6(9(14)15)8(13)12(7)4-5;/h1-4H,(H,14,15);1H. The number of halogens is 2. The maximum absolute atomic E-state index is 11.6. The van der Waals surface area contributed by atoms with Gasteiger partial charge < -0.3 is 5.11 Å². The van der Waals surface area contributed by atoms with Gasteiger partial charge in [-0.15, -0.1) is 12.4 Å². The minimum absolute atomic E-state index is 0. The van der Waals surface area contributed by atoms with Crippen LogP contribution >= 0.6 is 24.0 Å². The molecule has 0 aliphatic rings. The van der Waals surface area contributed by atoms with Gasteiger partial charge in [-0.25, -0.2) is 9.78 Å². The van der Waals surface area contributed by atoms with Gasteiger partial charge in [0.05, 0.1) is 5.02 Å². The molecule has 0 fully saturated rings. The largest absolute Gasteiger partial charge is 0.477 e. The van der Waals surface area contributed by atoms with Gasteiger partial charge in [-0.3, -0.25) is 9.20 Å². The highest BCUT2D eigenvalue weighted by Crippen LogP contribution is 2.07. The minimum Gasteiger partial charge on any atom is -0.477 e. The van der Waals surface area contributed by atoms with Crippen LogP contribution in [0.4, 0.5) is 0 Å². The molecule has 2 aromatic heterocycles. The van der Waals surface area contributed by atoms with Gasteiger partial charge in [0, 0.05) is 12.4 Å². The Morgan fingerprint density at radius 3 is 2.75 bits per heavy atom. The van der Waals surface area contributed by atoms with Gasteiger partial charge in [0.25, 0.3) is 5.56 Å². The molecular weight excluding hydrogens is 255 g/mol. The van der Waals surface area contributed by atoms with Crippen LogP contribution in [0.25, 0.3) is 5.65 Å². The molecule has 5 nitrogen and oxygen atoms in total. The van der Waals surface area contributed by atoms with Crippen molar-refractivity contribution in [1.82, 2.24) is 9.38 Å². The van der Waals surface area contributed by atoms with Gasteiger partial charge in [-0.05, 0) is 12.1 Å². The van der Waals surface area contributed by atoms with Crippen molar-refractivity contribution in [3.63, 3.8) is 0 Å². The van der Waals surface area contributed by atoms with E-state index in [1.807, 2.05) is 0 Å². The zero-order valence-electron chi connectivity index (χ0n) is 7.75. The zero-order valence-corrected chi connectivity index (χ0v) is 9.33. The van der Waals surface area contributed by atoms with Crippen LogP contribution in [0.3, 0.4) is 0 Å². The normalized spacial score (nSPS) is 9.81. The molecule has 0 bridgehead atoms. The Kier molecular flexibility index (Phi) is 3.51. The van der Waals surface area contributed by atoms with Crippen LogP contribution in [0.5, 0.6) is 0 Å². The van der Waals surface area contributed by atoms with E-state index in [1.165, 1.54) is 12.3 Å². The van der Waals surface area contributed by atoms with E-state index >= 15 is 0 Å². The fourth-order valence-electron chi connectivity index (χ4n) is 1.20. The molecule has 0 aromatic carbocycles. The molecule has 0 amide bonds. The number of carbonyl (C=O) groups is 1. The predicted molar refractivity (Wildman–Crippen MR) is 60.7 cm³/mol. The second-order valence-corrected chi connectivity index (χ2v) is 3.29. The molecule has 0 radical (unpaired) electrons. The topological polar surface area (TPSA) is 71.7 Å². The minimum atomic E-state index is -1.30. The SMILES string of the molecule is Cl.O=C(O)c1cnc2ccc(Cl)cn2c1=O. The van der Waals surface area contributed by atoms with Crippen LogP contribution in [0.1, 0.15) is 10.4 Å². The van der Waals surface area contributed by atoms with Gasteiger partial charge in [-0.1, -0.05) is 11.6 Å². The van der Waals surface area contributed by atoms with Crippen molar-refractivity contribution < 1.29 is 9.90 Å². The summed E-state index contributed by atoms with van der Waals surface area (Å²) in [4.78, 5) is 26.1. The van der Waals surface area contributed by atoms with Gasteiger partial charge in [0.1, 0.15) is 11.2 Å². The molecule has 7 heteroatoms. The van der Waals surface area contributed by atoms with Gasteiger partial charge >= 0.3 is 5.97 Å². The summed E-state index contributed by atoms with van der Waals surface area (Å²) in [5.41, 5.74) is -0.667. The van der Waals surface area contributed by atoms with Gasteiger partial charge in [0.2, 0.25) is 0 Å². The average molecular weight is 261 g/mol. The maximum atomic E-state index is 11.6. The van der Waals surface area contributed by atoms with Crippen LogP contribution in [0.2, 0.25) is 5.02 Å². The Balaban J connectivity index is 0.00000128. The lowest BCUT2D eigenvalue weighted by Gasteiger charge is -2.00. The van der Waals surface area contributed by atoms with Gasteiger partial charge in [0.15, 0.2) is 0 Å². The lowest BCUT2D eigenvalue weighted by molar-refractivity contribution is 0.0694. The number of aromatic nitrogens is 2. The number of fused-ring (bicyclic) bond motifs is 1. The molecule has 2 aromatic rings. The molecule has 0 unspecified atom stereocenters. The number of carboxylic acid groups (broad SMARTS) is 1. The second-order valence-electron chi connectivity index (χ2n) is 2.86. The van der Waals surface area contributed by atoms with Crippen LogP contribution < -0.4 is 5.56 Å². The number of nitrogens with zero attached hydrogens (tertiary/aromatic N) is 2. The highest BCUT2D eigenvalue weighted by molar-refractivity contribution is 6.30. The molecule has 0 spiro atoms. The third kappa shape index (κ3) is 2.00. The number of hydrogen-bond acceptors (Lipinski definition) is 3. The molecule has 2 rings (SSSR count). The van der Waals surface area contributed by atoms with E-state index in [9.17, 15) is 9.59 Å². The monoisotopic (exact) mass is 260 g/mol. The summed E-state index contributed by atoms with van der Waals surface area (Å²) >= 11 is 5.69. The van der Waals surface area contributed by atoms with Crippen LogP contribution in [-0.2, 0) is 0 Å². The average Bonchev–Trinajstić information content (AvgIpc) is 2.19. The molecule has 1 N–H and O–H groups in total. The quantitative estimate of drug-likeness (QED) is 0.843. The maximum Gasteiger partial charge on any atom is 0.342 e. The van der Waals surface area contributed by atoms with Crippen molar-refractivity contribution in [3.8, 4) is 0 Å². The first-order valence-corrected chi connectivity index (χ1v) is 4.37. The molecule has 84 valence electrons. The Morgan fingerprint density at radius 1 is 1.44 bits per heavy atom. The Bertz CT molecular complexity index is 609. The highest BCUT2D eigenvalue weighted by atomic mass is 35.5. The first-order chi connectivity index (χ1) is 7.09. The zero-order chi connectivity index (χ0) is 11.0. The Labute approximate surface area is 101 Å². The van der Waals surface area contributed by atoms with Crippen molar-refractivity contribution in [2.45, 2.75) is 0 Å². The summed E-state index contributed by atoms with van der Waals surface area (Å²) in [5.74, 6) is -1.30. The van der Waals surface area contributed by atoms with Gasteiger partial charge in [-0.2, -0.15) is 0 Å². The summed E-state index contributed by atoms with van der Waals surface area (Å²) < 4.78 is 1.10. The number of hydrogen-bond donors (Lipinski definition) is 1. The van der Waals surface area contributed by atoms with E-state index in [0.29, 0.717) is 10.7 Å². The number of rotatable bonds is 1. The molecule has 0 aliphatic heterocycles. The van der Waals surface area contributed by atoms with Crippen LogP contribution in [-0.4, -0.2) is 20.5 Å². The molecule has 0 saturated carbocycles.